The first kappa shape index (κ1) is 32.9. The Morgan fingerprint density at radius 1 is 0.795 bits per heavy atom. The number of carboxylic acids is 1. The number of halogens is 1. The van der Waals surface area contributed by atoms with Crippen molar-refractivity contribution in [1.29, 1.82) is 0 Å². The Morgan fingerprint density at radius 3 is 2.02 bits per heavy atom. The van der Waals surface area contributed by atoms with Gasteiger partial charge in [0, 0.05) is 52.1 Å². The van der Waals surface area contributed by atoms with Crippen LogP contribution in [0.2, 0.25) is 0 Å². The lowest BCUT2D eigenvalue weighted by Gasteiger charge is -2.13. The standard InChI is InChI=1S/C32H33FO9S2/c1-16(18(3)34)9-21(35)28-12-19-11-24(23(39-4)14-26(19)43-28)41-7-6-8-42-31-25(40-5)15-27-20(30(31)33)13-29(44-27)22(36)10-17(2)32(37)38/h11-17H,6-10H2,1-5H3,(H,37,38)/t16-,17-/m0/s1. The molecular formula is C32H33FO9S2. The van der Waals surface area contributed by atoms with Crippen LogP contribution in [0.3, 0.4) is 0 Å². The minimum absolute atomic E-state index is 0.0284. The summed E-state index contributed by atoms with van der Waals surface area (Å²) in [5.74, 6) is -2.38. The molecule has 0 spiro atoms. The van der Waals surface area contributed by atoms with Gasteiger partial charge in [-0.25, -0.2) is 4.39 Å². The zero-order valence-electron chi connectivity index (χ0n) is 25.0. The molecule has 0 saturated carbocycles. The highest BCUT2D eigenvalue weighted by atomic mass is 32.1. The molecule has 0 aliphatic carbocycles. The first-order valence-corrected chi connectivity index (χ1v) is 15.5. The van der Waals surface area contributed by atoms with Crippen molar-refractivity contribution in [3.05, 3.63) is 45.9 Å². The summed E-state index contributed by atoms with van der Waals surface area (Å²) in [6.45, 7) is 4.98. The van der Waals surface area contributed by atoms with Gasteiger partial charge in [-0.2, -0.15) is 0 Å². The number of Topliss-reactive ketones (excluding diaryl/α,β-unsaturated/α-hetero) is 3. The largest absolute Gasteiger partial charge is 0.493 e. The third kappa shape index (κ3) is 7.36. The van der Waals surface area contributed by atoms with E-state index in [1.54, 1.807) is 31.2 Å². The van der Waals surface area contributed by atoms with E-state index in [0.717, 1.165) is 21.4 Å². The zero-order valence-corrected chi connectivity index (χ0v) is 26.6. The van der Waals surface area contributed by atoms with Crippen LogP contribution in [-0.2, 0) is 9.59 Å². The fourth-order valence-electron chi connectivity index (χ4n) is 4.38. The van der Waals surface area contributed by atoms with Gasteiger partial charge in [0.2, 0.25) is 0 Å². The second kappa shape index (κ2) is 14.2. The highest BCUT2D eigenvalue weighted by Crippen LogP contribution is 2.41. The molecule has 0 bridgehead atoms. The maximum absolute atomic E-state index is 15.5. The first-order chi connectivity index (χ1) is 20.9. The van der Waals surface area contributed by atoms with Crippen molar-refractivity contribution < 1.29 is 47.6 Å². The minimum Gasteiger partial charge on any atom is -0.493 e. The van der Waals surface area contributed by atoms with Crippen LogP contribution in [0.5, 0.6) is 23.0 Å². The number of benzene rings is 2. The van der Waals surface area contributed by atoms with Crippen LogP contribution in [0.4, 0.5) is 4.39 Å². The van der Waals surface area contributed by atoms with E-state index in [9.17, 15) is 19.2 Å². The molecule has 2 aromatic heterocycles. The number of carbonyl (C=O) groups is 4. The van der Waals surface area contributed by atoms with Crippen molar-refractivity contribution in [2.75, 3.05) is 27.4 Å². The molecule has 44 heavy (non-hydrogen) atoms. The Bertz CT molecular complexity index is 1720. The molecular weight excluding hydrogens is 611 g/mol. The van der Waals surface area contributed by atoms with Gasteiger partial charge in [-0.1, -0.05) is 13.8 Å². The minimum atomic E-state index is -1.07. The van der Waals surface area contributed by atoms with Gasteiger partial charge in [-0.15, -0.1) is 22.7 Å². The summed E-state index contributed by atoms with van der Waals surface area (Å²) in [5, 5.41) is 10.1. The predicted octanol–water partition coefficient (Wildman–Crippen LogP) is 7.21. The third-order valence-corrected chi connectivity index (χ3v) is 9.41. The van der Waals surface area contributed by atoms with Crippen molar-refractivity contribution in [3.63, 3.8) is 0 Å². The molecule has 2 atom stereocenters. The van der Waals surface area contributed by atoms with E-state index < -0.39 is 17.7 Å². The number of hydrogen-bond donors (Lipinski definition) is 1. The fourth-order valence-corrected chi connectivity index (χ4v) is 6.44. The summed E-state index contributed by atoms with van der Waals surface area (Å²) in [5.41, 5.74) is 0. The number of fused-ring (bicyclic) bond motifs is 2. The van der Waals surface area contributed by atoms with Gasteiger partial charge >= 0.3 is 5.97 Å². The number of ether oxygens (including phenoxy) is 4. The molecule has 0 radical (unpaired) electrons. The summed E-state index contributed by atoms with van der Waals surface area (Å²) in [7, 11) is 2.91. The van der Waals surface area contributed by atoms with E-state index in [0.29, 0.717) is 27.5 Å². The molecule has 0 saturated heterocycles. The van der Waals surface area contributed by atoms with Crippen LogP contribution in [0, 0.1) is 17.7 Å². The predicted molar refractivity (Wildman–Crippen MR) is 167 cm³/mol. The molecule has 12 heteroatoms. The van der Waals surface area contributed by atoms with Gasteiger partial charge in [-0.3, -0.25) is 19.2 Å². The van der Waals surface area contributed by atoms with Gasteiger partial charge in [0.1, 0.15) is 5.78 Å². The van der Waals surface area contributed by atoms with Crippen molar-refractivity contribution in [2.24, 2.45) is 11.8 Å². The number of rotatable bonds is 16. The van der Waals surface area contributed by atoms with Gasteiger partial charge in [0.15, 0.2) is 40.4 Å². The van der Waals surface area contributed by atoms with Crippen LogP contribution in [0.15, 0.2) is 30.3 Å². The van der Waals surface area contributed by atoms with E-state index in [2.05, 4.69) is 0 Å². The Labute approximate surface area is 261 Å². The second-order valence-electron chi connectivity index (χ2n) is 10.5. The monoisotopic (exact) mass is 644 g/mol. The quantitative estimate of drug-likeness (QED) is 0.0995. The average Bonchev–Trinajstić information content (AvgIpc) is 3.61. The number of carboxylic acid groups (broad SMARTS) is 1. The molecule has 9 nitrogen and oxygen atoms in total. The van der Waals surface area contributed by atoms with E-state index in [1.165, 1.54) is 45.5 Å². The fraction of sp³-hybridized carbons (Fsp3) is 0.375. The summed E-state index contributed by atoms with van der Waals surface area (Å²) in [6.07, 6.45) is 0.353. The van der Waals surface area contributed by atoms with Crippen LogP contribution < -0.4 is 18.9 Å². The van der Waals surface area contributed by atoms with Crippen LogP contribution in [0.1, 0.15) is 59.4 Å². The summed E-state index contributed by atoms with van der Waals surface area (Å²) < 4.78 is 39.3. The van der Waals surface area contributed by atoms with Crippen molar-refractivity contribution in [3.8, 4) is 23.0 Å². The molecule has 0 aliphatic rings. The average molecular weight is 645 g/mol. The molecule has 1 N–H and O–H groups in total. The Morgan fingerprint density at radius 2 is 1.39 bits per heavy atom. The molecule has 234 valence electrons. The number of hydrogen-bond acceptors (Lipinski definition) is 10. The molecule has 2 heterocycles. The molecule has 4 aromatic rings. The van der Waals surface area contributed by atoms with Gasteiger partial charge < -0.3 is 24.1 Å². The lowest BCUT2D eigenvalue weighted by atomic mass is 10.0. The molecule has 0 aliphatic heterocycles. The Kier molecular flexibility index (Phi) is 10.6. The highest BCUT2D eigenvalue weighted by molar-refractivity contribution is 7.21. The first-order valence-electron chi connectivity index (χ1n) is 13.9. The van der Waals surface area contributed by atoms with Crippen molar-refractivity contribution in [2.45, 2.75) is 40.0 Å². The number of carbonyl (C=O) groups excluding carboxylic acids is 3. The van der Waals surface area contributed by atoms with Crippen molar-refractivity contribution in [1.82, 2.24) is 0 Å². The number of thiophene rings is 2. The Hall–Kier alpha value is -4.03. The lowest BCUT2D eigenvalue weighted by molar-refractivity contribution is -0.141. The second-order valence-corrected chi connectivity index (χ2v) is 12.6. The van der Waals surface area contributed by atoms with E-state index in [4.69, 9.17) is 24.1 Å². The van der Waals surface area contributed by atoms with Gasteiger partial charge in [0.25, 0.3) is 0 Å². The SMILES string of the molecule is COc1cc2sc(C(=O)C[C@H](C)C(C)=O)cc2cc1OCCCOc1c(OC)cc2sc(C(=O)C[C@H](C)C(=O)O)cc2c1F. The normalized spacial score (nSPS) is 12.6. The molecule has 4 rings (SSSR count). The van der Waals surface area contributed by atoms with Crippen LogP contribution in [-0.4, -0.2) is 55.9 Å². The number of methoxy groups -OCH3 is 2. The lowest BCUT2D eigenvalue weighted by Crippen LogP contribution is -2.13. The maximum Gasteiger partial charge on any atom is 0.306 e. The molecule has 0 amide bonds. The van der Waals surface area contributed by atoms with Crippen molar-refractivity contribution >= 4 is 66.2 Å². The topological polar surface area (TPSA) is 125 Å². The molecule has 0 unspecified atom stereocenters. The van der Waals surface area contributed by atoms with E-state index in [1.807, 2.05) is 0 Å². The van der Waals surface area contributed by atoms with Gasteiger partial charge in [0.05, 0.1) is 43.1 Å². The summed E-state index contributed by atoms with van der Waals surface area (Å²) in [6, 6.07) is 8.38. The smallest absolute Gasteiger partial charge is 0.306 e. The van der Waals surface area contributed by atoms with E-state index in [-0.39, 0.29) is 71.1 Å². The molecule has 0 fully saturated rings. The molecule has 2 aromatic carbocycles. The summed E-state index contributed by atoms with van der Waals surface area (Å²) >= 11 is 2.40. The number of aliphatic carboxylic acids is 1. The zero-order chi connectivity index (χ0) is 32.1. The maximum atomic E-state index is 15.5. The Balaban J connectivity index is 1.41. The van der Waals surface area contributed by atoms with E-state index >= 15 is 4.39 Å². The van der Waals surface area contributed by atoms with Crippen LogP contribution >= 0.6 is 22.7 Å². The van der Waals surface area contributed by atoms with Gasteiger partial charge in [-0.05, 0) is 30.5 Å². The number of ketones is 3. The highest BCUT2D eigenvalue weighted by Gasteiger charge is 2.23. The third-order valence-electron chi connectivity index (χ3n) is 7.15. The van der Waals surface area contributed by atoms with Crippen LogP contribution in [0.25, 0.3) is 20.2 Å². The summed E-state index contributed by atoms with van der Waals surface area (Å²) in [4.78, 5) is 48.8.